The molecule has 0 aromatic heterocycles. The van der Waals surface area contributed by atoms with Gasteiger partial charge in [-0.2, -0.15) is 0 Å². The van der Waals surface area contributed by atoms with Crippen LogP contribution in [0.1, 0.15) is 39.0 Å². The van der Waals surface area contributed by atoms with Gasteiger partial charge in [-0.25, -0.2) is 17.9 Å². The Kier molecular flexibility index (Phi) is 6.60. The Morgan fingerprint density at radius 3 is 2.35 bits per heavy atom. The second-order valence-corrected chi connectivity index (χ2v) is 7.96. The molecule has 0 saturated heterocycles. The lowest BCUT2D eigenvalue weighted by Gasteiger charge is -2.25. The third-order valence-electron chi connectivity index (χ3n) is 4.33. The smallest absolute Gasteiger partial charge is 0.329 e. The number of rotatable bonds is 9. The van der Waals surface area contributed by atoms with Gasteiger partial charge in [0.2, 0.25) is 15.9 Å². The molecule has 2 rings (SSSR count). The first-order chi connectivity index (χ1) is 12.3. The zero-order valence-corrected chi connectivity index (χ0v) is 15.5. The Morgan fingerprint density at radius 1 is 1.19 bits per heavy atom. The lowest BCUT2D eigenvalue weighted by atomic mass is 9.97. The van der Waals surface area contributed by atoms with E-state index in [-0.39, 0.29) is 17.9 Å². The van der Waals surface area contributed by atoms with Crippen molar-refractivity contribution in [2.45, 2.75) is 49.5 Å². The Bertz CT molecular complexity index is 739. The monoisotopic (exact) mass is 384 g/mol. The molecule has 1 aliphatic carbocycles. The van der Waals surface area contributed by atoms with Gasteiger partial charge < -0.3 is 15.2 Å². The molecule has 0 unspecified atom stereocenters. The maximum atomic E-state index is 12.2. The molecule has 144 valence electrons. The van der Waals surface area contributed by atoms with Crippen molar-refractivity contribution in [1.29, 1.82) is 0 Å². The van der Waals surface area contributed by atoms with Gasteiger partial charge in [0.25, 0.3) is 0 Å². The summed E-state index contributed by atoms with van der Waals surface area (Å²) in [5.41, 5.74) is -1.22. The van der Waals surface area contributed by atoms with Crippen LogP contribution in [0.25, 0.3) is 0 Å². The van der Waals surface area contributed by atoms with Gasteiger partial charge in [-0.3, -0.25) is 4.79 Å². The molecule has 0 aliphatic heterocycles. The molecule has 8 nitrogen and oxygen atoms in total. The molecule has 9 heteroatoms. The molecule has 1 aromatic carbocycles. The number of hydrogen-bond donors (Lipinski definition) is 3. The highest BCUT2D eigenvalue weighted by molar-refractivity contribution is 7.89. The number of ether oxygens (including phenoxy) is 1. The number of amides is 1. The summed E-state index contributed by atoms with van der Waals surface area (Å²) in [7, 11) is -3.75. The van der Waals surface area contributed by atoms with E-state index in [4.69, 9.17) is 4.74 Å². The third kappa shape index (κ3) is 4.95. The summed E-state index contributed by atoms with van der Waals surface area (Å²) in [6.07, 6.45) is 2.15. The minimum atomic E-state index is -3.75. The summed E-state index contributed by atoms with van der Waals surface area (Å²) in [5.74, 6) is -0.955. The fraction of sp³-hybridized carbons (Fsp3) is 0.529. The second-order valence-electron chi connectivity index (χ2n) is 6.19. The van der Waals surface area contributed by atoms with Gasteiger partial charge in [-0.15, -0.1) is 0 Å². The number of carboxylic acid groups (broad SMARTS) is 1. The van der Waals surface area contributed by atoms with Gasteiger partial charge in [0.1, 0.15) is 11.3 Å². The normalized spacial score (nSPS) is 16.2. The Balaban J connectivity index is 1.87. The zero-order chi connectivity index (χ0) is 19.2. The second kappa shape index (κ2) is 8.50. The van der Waals surface area contributed by atoms with Crippen LogP contribution >= 0.6 is 0 Å². The lowest BCUT2D eigenvalue weighted by Crippen LogP contribution is -2.52. The molecule has 0 atom stereocenters. The Morgan fingerprint density at radius 2 is 1.81 bits per heavy atom. The quantitative estimate of drug-likeness (QED) is 0.589. The number of carbonyl (C=O) groups excluding carboxylic acids is 1. The van der Waals surface area contributed by atoms with E-state index >= 15 is 0 Å². The van der Waals surface area contributed by atoms with Crippen LogP contribution in [0, 0.1) is 0 Å². The summed E-state index contributed by atoms with van der Waals surface area (Å²) in [6, 6.07) is 5.96. The van der Waals surface area contributed by atoms with E-state index in [2.05, 4.69) is 10.0 Å². The first kappa shape index (κ1) is 20.2. The average Bonchev–Trinajstić information content (AvgIpc) is 3.05. The highest BCUT2D eigenvalue weighted by Crippen LogP contribution is 2.29. The summed E-state index contributed by atoms with van der Waals surface area (Å²) < 4.78 is 32.1. The van der Waals surface area contributed by atoms with E-state index in [1.165, 1.54) is 12.1 Å². The van der Waals surface area contributed by atoms with E-state index in [0.29, 0.717) is 25.2 Å². The van der Waals surface area contributed by atoms with E-state index in [1.807, 2.05) is 6.92 Å². The fourth-order valence-electron chi connectivity index (χ4n) is 2.96. The van der Waals surface area contributed by atoms with Crippen molar-refractivity contribution in [3.63, 3.8) is 0 Å². The molecule has 0 radical (unpaired) electrons. The zero-order valence-electron chi connectivity index (χ0n) is 14.7. The molecule has 26 heavy (non-hydrogen) atoms. The van der Waals surface area contributed by atoms with Crippen LogP contribution in [0.4, 0.5) is 0 Å². The van der Waals surface area contributed by atoms with Crippen molar-refractivity contribution in [3.8, 4) is 5.75 Å². The number of benzene rings is 1. The molecular formula is C17H24N2O6S. The summed E-state index contributed by atoms with van der Waals surface area (Å²) in [4.78, 5) is 23.5. The number of sulfonamides is 1. The number of carboxylic acids is 1. The standard InChI is InChI=1S/C17H24N2O6S/c1-2-25-13-5-7-14(8-6-13)26(23,24)18-12-9-15(20)19-17(16(21)22)10-3-4-11-17/h5-8,18H,2-4,9-12H2,1H3,(H,19,20)(H,21,22). The highest BCUT2D eigenvalue weighted by atomic mass is 32.2. The molecule has 0 heterocycles. The van der Waals surface area contributed by atoms with Gasteiger partial charge in [0.15, 0.2) is 0 Å². The van der Waals surface area contributed by atoms with Crippen molar-refractivity contribution in [3.05, 3.63) is 24.3 Å². The van der Waals surface area contributed by atoms with Crippen molar-refractivity contribution in [2.24, 2.45) is 0 Å². The minimum absolute atomic E-state index is 0.0687. The van der Waals surface area contributed by atoms with E-state index in [1.54, 1.807) is 12.1 Å². The summed E-state index contributed by atoms with van der Waals surface area (Å²) >= 11 is 0. The van der Waals surface area contributed by atoms with Crippen molar-refractivity contribution < 1.29 is 27.9 Å². The van der Waals surface area contributed by atoms with Crippen LogP contribution in [0.2, 0.25) is 0 Å². The van der Waals surface area contributed by atoms with E-state index in [9.17, 15) is 23.1 Å². The lowest BCUT2D eigenvalue weighted by molar-refractivity contribution is -0.147. The Hall–Kier alpha value is -2.13. The van der Waals surface area contributed by atoms with Crippen molar-refractivity contribution in [2.75, 3.05) is 13.2 Å². The molecule has 0 bridgehead atoms. The Labute approximate surface area is 153 Å². The molecular weight excluding hydrogens is 360 g/mol. The van der Waals surface area contributed by atoms with E-state index in [0.717, 1.165) is 12.8 Å². The van der Waals surface area contributed by atoms with Gasteiger partial charge in [0, 0.05) is 13.0 Å². The van der Waals surface area contributed by atoms with Gasteiger partial charge in [-0.05, 0) is 44.0 Å². The predicted molar refractivity (Wildman–Crippen MR) is 94.4 cm³/mol. The molecule has 1 aromatic rings. The summed E-state index contributed by atoms with van der Waals surface area (Å²) in [6.45, 7) is 2.20. The molecule has 1 aliphatic rings. The first-order valence-corrected chi connectivity index (χ1v) is 10.0. The average molecular weight is 384 g/mol. The molecule has 0 spiro atoms. The van der Waals surface area contributed by atoms with E-state index < -0.39 is 27.4 Å². The number of carbonyl (C=O) groups is 2. The van der Waals surface area contributed by atoms with Crippen molar-refractivity contribution >= 4 is 21.9 Å². The SMILES string of the molecule is CCOc1ccc(S(=O)(=O)NCCC(=O)NC2(C(=O)O)CCCC2)cc1. The van der Waals surface area contributed by atoms with Crippen LogP contribution in [0.15, 0.2) is 29.2 Å². The van der Waals surface area contributed by atoms with Crippen LogP contribution in [0.5, 0.6) is 5.75 Å². The van der Waals surface area contributed by atoms with Crippen molar-refractivity contribution in [1.82, 2.24) is 10.0 Å². The fourth-order valence-corrected chi connectivity index (χ4v) is 4.00. The molecule has 1 saturated carbocycles. The predicted octanol–water partition coefficient (Wildman–Crippen LogP) is 1.27. The number of hydrogen-bond acceptors (Lipinski definition) is 5. The maximum absolute atomic E-state index is 12.2. The summed E-state index contributed by atoms with van der Waals surface area (Å²) in [5, 5.41) is 11.9. The topological polar surface area (TPSA) is 122 Å². The maximum Gasteiger partial charge on any atom is 0.329 e. The van der Waals surface area contributed by atoms with Crippen LogP contribution < -0.4 is 14.8 Å². The van der Waals surface area contributed by atoms with Crippen LogP contribution in [-0.2, 0) is 19.6 Å². The highest BCUT2D eigenvalue weighted by Gasteiger charge is 2.42. The van der Waals surface area contributed by atoms with Gasteiger partial charge >= 0.3 is 5.97 Å². The molecule has 1 fully saturated rings. The van der Waals surface area contributed by atoms with Crippen LogP contribution in [0.3, 0.4) is 0 Å². The van der Waals surface area contributed by atoms with Gasteiger partial charge in [0.05, 0.1) is 11.5 Å². The first-order valence-electron chi connectivity index (χ1n) is 8.56. The molecule has 3 N–H and O–H groups in total. The number of aliphatic carboxylic acids is 1. The van der Waals surface area contributed by atoms with Crippen LogP contribution in [-0.4, -0.2) is 44.1 Å². The number of nitrogens with one attached hydrogen (secondary N) is 2. The largest absolute Gasteiger partial charge is 0.494 e. The molecule has 1 amide bonds. The van der Waals surface area contributed by atoms with Gasteiger partial charge in [-0.1, -0.05) is 12.8 Å². The third-order valence-corrected chi connectivity index (χ3v) is 5.81. The minimum Gasteiger partial charge on any atom is -0.494 e.